The summed E-state index contributed by atoms with van der Waals surface area (Å²) in [5.74, 6) is 0.564. The lowest BCUT2D eigenvalue weighted by Gasteiger charge is -2.12. The topological polar surface area (TPSA) is 50.2 Å². The van der Waals surface area contributed by atoms with Gasteiger partial charge in [-0.05, 0) is 24.1 Å². The summed E-state index contributed by atoms with van der Waals surface area (Å²) in [5.41, 5.74) is 2.32. The van der Waals surface area contributed by atoms with E-state index in [2.05, 4.69) is 39.5 Å². The van der Waals surface area contributed by atoms with Crippen LogP contribution in [0.15, 0.2) is 36.7 Å². The molecule has 0 radical (unpaired) electrons. The van der Waals surface area contributed by atoms with E-state index in [-0.39, 0.29) is 5.91 Å². The summed E-state index contributed by atoms with van der Waals surface area (Å²) in [6.07, 6.45) is 4.64. The Bertz CT molecular complexity index is 572. The first-order valence-corrected chi connectivity index (χ1v) is 6.59. The van der Waals surface area contributed by atoms with Crippen molar-refractivity contribution in [2.45, 2.75) is 12.8 Å². The highest BCUT2D eigenvalue weighted by molar-refractivity contribution is 5.89. The Morgan fingerprint density at radius 3 is 2.55 bits per heavy atom. The number of hydrogen-bond acceptors (Lipinski definition) is 3. The molecule has 1 heterocycles. The molecule has 0 bridgehead atoms. The molecule has 0 atom stereocenters. The summed E-state index contributed by atoms with van der Waals surface area (Å²) in [4.78, 5) is 18.0. The number of anilines is 2. The summed E-state index contributed by atoms with van der Waals surface area (Å²) in [5, 5.41) is 2.79. The Labute approximate surface area is 119 Å². The van der Waals surface area contributed by atoms with Crippen molar-refractivity contribution in [2.24, 2.45) is 7.05 Å². The number of carbonyl (C=O) groups is 1. The number of imidazole rings is 1. The molecule has 0 unspecified atom stereocenters. The van der Waals surface area contributed by atoms with Crippen LogP contribution in [0.1, 0.15) is 12.0 Å². The van der Waals surface area contributed by atoms with Gasteiger partial charge in [0.2, 0.25) is 11.9 Å². The first-order chi connectivity index (χ1) is 9.56. The molecule has 5 heteroatoms. The van der Waals surface area contributed by atoms with Gasteiger partial charge >= 0.3 is 0 Å². The minimum atomic E-state index is -0.0176. The lowest BCUT2D eigenvalue weighted by atomic mass is 10.1. The Hall–Kier alpha value is -2.30. The van der Waals surface area contributed by atoms with Crippen LogP contribution in [0.5, 0.6) is 0 Å². The van der Waals surface area contributed by atoms with Gasteiger partial charge in [0.25, 0.3) is 0 Å². The minimum Gasteiger partial charge on any atom is -0.378 e. The van der Waals surface area contributed by atoms with Gasteiger partial charge in [-0.1, -0.05) is 12.1 Å². The van der Waals surface area contributed by atoms with Crippen LogP contribution < -0.4 is 10.2 Å². The number of nitrogens with zero attached hydrogens (tertiary/aromatic N) is 3. The third-order valence-electron chi connectivity index (χ3n) is 3.17. The first-order valence-electron chi connectivity index (χ1n) is 6.59. The van der Waals surface area contributed by atoms with Gasteiger partial charge in [0.05, 0.1) is 0 Å². The number of benzene rings is 1. The van der Waals surface area contributed by atoms with Crippen LogP contribution in [0.25, 0.3) is 0 Å². The molecule has 2 rings (SSSR count). The summed E-state index contributed by atoms with van der Waals surface area (Å²) in [6.45, 7) is 0. The van der Waals surface area contributed by atoms with Crippen molar-refractivity contribution < 1.29 is 4.79 Å². The second-order valence-corrected chi connectivity index (χ2v) is 4.97. The van der Waals surface area contributed by atoms with E-state index in [9.17, 15) is 4.79 Å². The van der Waals surface area contributed by atoms with Gasteiger partial charge in [-0.3, -0.25) is 10.1 Å². The van der Waals surface area contributed by atoms with Gasteiger partial charge in [0.1, 0.15) is 0 Å². The third kappa shape index (κ3) is 3.60. The molecule has 1 N–H and O–H groups in total. The maximum Gasteiger partial charge on any atom is 0.227 e. The van der Waals surface area contributed by atoms with Gasteiger partial charge in [-0.25, -0.2) is 4.98 Å². The lowest BCUT2D eigenvalue weighted by Crippen LogP contribution is -2.15. The maximum absolute atomic E-state index is 11.8. The molecule has 0 fully saturated rings. The van der Waals surface area contributed by atoms with Crippen molar-refractivity contribution in [3.63, 3.8) is 0 Å². The number of aromatic nitrogens is 2. The van der Waals surface area contributed by atoms with E-state index in [0.29, 0.717) is 12.4 Å². The Kier molecular flexibility index (Phi) is 4.40. The number of amides is 1. The fraction of sp³-hybridized carbons (Fsp3) is 0.333. The van der Waals surface area contributed by atoms with E-state index in [4.69, 9.17) is 0 Å². The quantitative estimate of drug-likeness (QED) is 0.906. The van der Waals surface area contributed by atoms with Crippen LogP contribution >= 0.6 is 0 Å². The van der Waals surface area contributed by atoms with Crippen LogP contribution in [-0.4, -0.2) is 29.6 Å². The van der Waals surface area contributed by atoms with Crippen LogP contribution in [0.3, 0.4) is 0 Å². The average Bonchev–Trinajstić information content (AvgIpc) is 2.82. The zero-order valence-electron chi connectivity index (χ0n) is 12.1. The fourth-order valence-corrected chi connectivity index (χ4v) is 1.89. The predicted octanol–water partition coefficient (Wildman–Crippen LogP) is 2.06. The van der Waals surface area contributed by atoms with E-state index in [1.165, 1.54) is 0 Å². The monoisotopic (exact) mass is 272 g/mol. The summed E-state index contributed by atoms with van der Waals surface area (Å²) < 4.78 is 1.78. The van der Waals surface area contributed by atoms with Gasteiger partial charge in [0.15, 0.2) is 0 Å². The van der Waals surface area contributed by atoms with Crippen molar-refractivity contribution in [3.05, 3.63) is 42.2 Å². The highest BCUT2D eigenvalue weighted by Gasteiger charge is 2.06. The molecule has 5 nitrogen and oxygen atoms in total. The van der Waals surface area contributed by atoms with Crippen molar-refractivity contribution in [3.8, 4) is 0 Å². The second kappa shape index (κ2) is 6.23. The molecule has 0 saturated carbocycles. The number of rotatable bonds is 5. The van der Waals surface area contributed by atoms with E-state index in [1.807, 2.05) is 21.1 Å². The highest BCUT2D eigenvalue weighted by Crippen LogP contribution is 2.13. The van der Waals surface area contributed by atoms with Gasteiger partial charge < -0.3 is 9.47 Å². The Morgan fingerprint density at radius 2 is 2.00 bits per heavy atom. The lowest BCUT2D eigenvalue weighted by molar-refractivity contribution is -0.116. The van der Waals surface area contributed by atoms with E-state index >= 15 is 0 Å². The molecule has 2 aromatic rings. The van der Waals surface area contributed by atoms with Crippen LogP contribution in [0.2, 0.25) is 0 Å². The van der Waals surface area contributed by atoms with Gasteiger partial charge in [-0.2, -0.15) is 0 Å². The first kappa shape index (κ1) is 14.1. The van der Waals surface area contributed by atoms with Crippen LogP contribution in [0, 0.1) is 0 Å². The Balaban J connectivity index is 1.85. The largest absolute Gasteiger partial charge is 0.378 e. The van der Waals surface area contributed by atoms with E-state index in [1.54, 1.807) is 17.0 Å². The number of aryl methyl sites for hydroxylation is 2. The maximum atomic E-state index is 11.8. The molecule has 106 valence electrons. The molecule has 1 amide bonds. The molecular formula is C15H20N4O. The summed E-state index contributed by atoms with van der Waals surface area (Å²) >= 11 is 0. The zero-order valence-corrected chi connectivity index (χ0v) is 12.1. The molecule has 0 saturated heterocycles. The molecule has 1 aromatic carbocycles. The fourth-order valence-electron chi connectivity index (χ4n) is 1.89. The predicted molar refractivity (Wildman–Crippen MR) is 80.9 cm³/mol. The normalized spacial score (nSPS) is 10.3. The smallest absolute Gasteiger partial charge is 0.227 e. The van der Waals surface area contributed by atoms with Crippen molar-refractivity contribution in [1.29, 1.82) is 0 Å². The highest BCUT2D eigenvalue weighted by atomic mass is 16.1. The molecular weight excluding hydrogens is 252 g/mol. The molecule has 1 aromatic heterocycles. The SMILES string of the molecule is CN(C)c1ccc(CCC(=O)Nc2nccn2C)cc1. The molecule has 0 spiro atoms. The van der Waals surface area contributed by atoms with Crippen LogP contribution in [0.4, 0.5) is 11.6 Å². The molecule has 0 aliphatic heterocycles. The van der Waals surface area contributed by atoms with Crippen molar-refractivity contribution in [1.82, 2.24) is 9.55 Å². The van der Waals surface area contributed by atoms with E-state index < -0.39 is 0 Å². The standard InChI is InChI=1S/C15H20N4O/c1-18(2)13-7-4-12(5-8-13)6-9-14(20)17-15-16-10-11-19(15)3/h4-5,7-8,10-11H,6,9H2,1-3H3,(H,16,17,20). The number of nitrogens with one attached hydrogen (secondary N) is 1. The average molecular weight is 272 g/mol. The Morgan fingerprint density at radius 1 is 1.30 bits per heavy atom. The molecule has 0 aliphatic carbocycles. The summed E-state index contributed by atoms with van der Waals surface area (Å²) in [7, 11) is 5.87. The molecule has 0 aliphatic rings. The van der Waals surface area contributed by atoms with Gasteiger partial charge in [-0.15, -0.1) is 0 Å². The van der Waals surface area contributed by atoms with Gasteiger partial charge in [0, 0.05) is 45.6 Å². The third-order valence-corrected chi connectivity index (χ3v) is 3.17. The number of hydrogen-bond donors (Lipinski definition) is 1. The second-order valence-electron chi connectivity index (χ2n) is 4.97. The minimum absolute atomic E-state index is 0.0176. The van der Waals surface area contributed by atoms with Crippen LogP contribution in [-0.2, 0) is 18.3 Å². The summed E-state index contributed by atoms with van der Waals surface area (Å²) in [6, 6.07) is 8.24. The van der Waals surface area contributed by atoms with Crippen molar-refractivity contribution >= 4 is 17.5 Å². The molecule has 20 heavy (non-hydrogen) atoms. The zero-order chi connectivity index (χ0) is 14.5. The van der Waals surface area contributed by atoms with Crippen molar-refractivity contribution in [2.75, 3.05) is 24.3 Å². The van der Waals surface area contributed by atoms with E-state index in [0.717, 1.165) is 17.7 Å². The number of carbonyl (C=O) groups excluding carboxylic acids is 1.